The van der Waals surface area contributed by atoms with Crippen molar-refractivity contribution in [3.8, 4) is 0 Å². The van der Waals surface area contributed by atoms with Gasteiger partial charge in [0.15, 0.2) is 37.7 Å². The summed E-state index contributed by atoms with van der Waals surface area (Å²) in [6.45, 7) is -1.34. The molecule has 6 rings (SSSR count). The molecule has 18 N–H and O–H groups in total. The van der Waals surface area contributed by atoms with E-state index in [4.69, 9.17) is 52.1 Å². The van der Waals surface area contributed by atoms with Crippen LogP contribution in [0.25, 0.3) is 0 Å². The molecule has 0 aromatic carbocycles. The van der Waals surface area contributed by atoms with Gasteiger partial charge in [-0.3, -0.25) is 0 Å². The molecule has 65 heavy (non-hydrogen) atoms. The zero-order valence-electron chi connectivity index (χ0n) is 34.7. The Morgan fingerprint density at radius 3 is 1.00 bits per heavy atom. The van der Waals surface area contributed by atoms with E-state index < -0.39 is 211 Å². The van der Waals surface area contributed by atoms with E-state index in [0.29, 0.717) is 0 Å². The number of rotatable bonds is 14. The van der Waals surface area contributed by atoms with E-state index in [9.17, 15) is 91.9 Å². The molecule has 1 unspecified atom stereocenters. The van der Waals surface area contributed by atoms with Gasteiger partial charge < -0.3 is 144 Å². The molecule has 6 heterocycles. The minimum atomic E-state index is -2.23. The van der Waals surface area contributed by atoms with Crippen LogP contribution >= 0.6 is 0 Å². The maximum atomic E-state index is 11.6. The molecule has 0 spiro atoms. The number of hydrogen-bond donors (Lipinski definition) is 18. The predicted molar refractivity (Wildman–Crippen MR) is 196 cm³/mol. The molecule has 0 bridgehead atoms. The van der Waals surface area contributed by atoms with Crippen molar-refractivity contribution < 1.29 is 144 Å². The lowest BCUT2D eigenvalue weighted by Crippen LogP contribution is -2.69. The third kappa shape index (κ3) is 10.8. The summed E-state index contributed by atoms with van der Waals surface area (Å²) in [6.07, 6.45) is -55.8. The van der Waals surface area contributed by atoms with Gasteiger partial charge >= 0.3 is 0 Å². The SMILES string of the molecule is C[C@@H]1O[C@@H](O[C@H]2[C@H](O)[C@@H](O)[C@H](O[C@H]3[C@H](O[C@@H]4[C@H](O)[C@@H](O)C(O)O[C@@H]4CO)O[C@H](CO)[C@@H](O)[C@@H]3O[C@@H]3O[C@H](CO)[C@@H](O[C@@H]4O[C@@H](C)[C@H](O)[C@@H](O)[C@H]4O)[C@H](O)[C@H]3O)O[C@@H]2CO)[C@H](O)[C@H](O)[C@H]1O. The Morgan fingerprint density at radius 2 is 0.585 bits per heavy atom. The van der Waals surface area contributed by atoms with Crippen LogP contribution in [-0.4, -0.2) is 303 Å². The molecule has 0 radical (unpaired) electrons. The van der Waals surface area contributed by atoms with E-state index in [1.807, 2.05) is 0 Å². The molecule has 0 aromatic rings. The Hall–Kier alpha value is -1.16. The normalized spacial score (nSPS) is 54.6. The van der Waals surface area contributed by atoms with Gasteiger partial charge in [0.2, 0.25) is 0 Å². The van der Waals surface area contributed by atoms with E-state index in [0.717, 1.165) is 0 Å². The molecule has 29 heteroatoms. The average molecular weight is 959 g/mol. The van der Waals surface area contributed by atoms with Crippen LogP contribution in [0, 0.1) is 0 Å². The van der Waals surface area contributed by atoms with E-state index in [1.54, 1.807) is 0 Å². The Labute approximate surface area is 368 Å². The maximum absolute atomic E-state index is 11.6. The number of hydrogen-bond acceptors (Lipinski definition) is 29. The van der Waals surface area contributed by atoms with Gasteiger partial charge in [-0.25, -0.2) is 0 Å². The van der Waals surface area contributed by atoms with Crippen LogP contribution in [0.5, 0.6) is 0 Å². The van der Waals surface area contributed by atoms with Crippen molar-refractivity contribution in [3.63, 3.8) is 0 Å². The predicted octanol–water partition coefficient (Wildman–Crippen LogP) is -12.0. The Kier molecular flexibility index (Phi) is 18.2. The van der Waals surface area contributed by atoms with Crippen LogP contribution in [0.1, 0.15) is 13.8 Å². The summed E-state index contributed by atoms with van der Waals surface area (Å²) in [6, 6.07) is 0. The first-order chi connectivity index (χ1) is 30.7. The van der Waals surface area contributed by atoms with Crippen LogP contribution in [0.4, 0.5) is 0 Å². The molecule has 0 saturated carbocycles. The highest BCUT2D eigenvalue weighted by Gasteiger charge is 2.58. The standard InChI is InChI=1S/C36H62O29/c1-7-13(41)16(44)22(50)32(55-7)61-27-11(5-39)59-34(24(52)19(27)47)64-29-15(43)9(3-37)58-36(63-26-10(4-38)57-31(54)21(49)18(26)46)30(29)65-35-25(53)20(48)28(12(6-40)60-35)62-33-23(51)17(45)14(42)8(2)56-33/h7-54H,3-6H2,1-2H3/t7-,8-,9+,10+,11+,12+,13-,14-,15+,16+,17+,18+,19+,20+,21+,22+,23+,24+,25+,26-,27+,28+,29-,30+,31?,32-,33-,34-,35-,36-/m0/s1. The van der Waals surface area contributed by atoms with Gasteiger partial charge in [-0.1, -0.05) is 0 Å². The summed E-state index contributed by atoms with van der Waals surface area (Å²) >= 11 is 0. The summed E-state index contributed by atoms with van der Waals surface area (Å²) in [5, 5.41) is 191. The highest BCUT2D eigenvalue weighted by molar-refractivity contribution is 5.00. The van der Waals surface area contributed by atoms with Crippen molar-refractivity contribution in [1.29, 1.82) is 0 Å². The average Bonchev–Trinajstić information content (AvgIpc) is 3.29. The lowest BCUT2D eigenvalue weighted by molar-refractivity contribution is -0.412. The first-order valence-electron chi connectivity index (χ1n) is 20.9. The third-order valence-electron chi connectivity index (χ3n) is 12.4. The highest BCUT2D eigenvalue weighted by Crippen LogP contribution is 2.38. The van der Waals surface area contributed by atoms with Crippen molar-refractivity contribution in [2.24, 2.45) is 0 Å². The van der Waals surface area contributed by atoms with Crippen molar-refractivity contribution in [2.75, 3.05) is 26.4 Å². The smallest absolute Gasteiger partial charge is 0.187 e. The second-order valence-electron chi connectivity index (χ2n) is 16.7. The fourth-order valence-electron chi connectivity index (χ4n) is 8.38. The van der Waals surface area contributed by atoms with E-state index >= 15 is 0 Å². The van der Waals surface area contributed by atoms with Crippen LogP contribution in [0.15, 0.2) is 0 Å². The van der Waals surface area contributed by atoms with Crippen LogP contribution in [0.3, 0.4) is 0 Å². The zero-order chi connectivity index (χ0) is 47.9. The quantitative estimate of drug-likeness (QED) is 0.0768. The summed E-state index contributed by atoms with van der Waals surface area (Å²) < 4.78 is 62.4. The molecular weight excluding hydrogens is 896 g/mol. The van der Waals surface area contributed by atoms with E-state index in [2.05, 4.69) is 0 Å². The second kappa shape index (κ2) is 22.3. The first-order valence-corrected chi connectivity index (χ1v) is 20.9. The summed E-state index contributed by atoms with van der Waals surface area (Å²) in [5.41, 5.74) is 0. The Bertz CT molecular complexity index is 1470. The monoisotopic (exact) mass is 958 g/mol. The summed E-state index contributed by atoms with van der Waals surface area (Å²) in [5.74, 6) is 0. The van der Waals surface area contributed by atoms with Crippen molar-refractivity contribution in [3.05, 3.63) is 0 Å². The third-order valence-corrected chi connectivity index (χ3v) is 12.4. The van der Waals surface area contributed by atoms with Crippen LogP contribution < -0.4 is 0 Å². The summed E-state index contributed by atoms with van der Waals surface area (Å²) in [4.78, 5) is 0. The van der Waals surface area contributed by atoms with Crippen molar-refractivity contribution in [2.45, 2.75) is 198 Å². The fraction of sp³-hybridized carbons (Fsp3) is 1.00. The molecule has 6 aliphatic rings. The molecule has 380 valence electrons. The molecule has 0 aliphatic carbocycles. The second-order valence-corrected chi connectivity index (χ2v) is 16.7. The first kappa shape index (κ1) is 53.2. The minimum Gasteiger partial charge on any atom is -0.394 e. The van der Waals surface area contributed by atoms with Gasteiger partial charge in [0.05, 0.1) is 38.6 Å². The molecule has 6 saturated heterocycles. The molecule has 29 nitrogen and oxygen atoms in total. The van der Waals surface area contributed by atoms with Crippen LogP contribution in [-0.2, 0) is 52.1 Å². The molecular formula is C36H62O29. The maximum Gasteiger partial charge on any atom is 0.187 e. The van der Waals surface area contributed by atoms with Gasteiger partial charge in [-0.2, -0.15) is 0 Å². The summed E-state index contributed by atoms with van der Waals surface area (Å²) in [7, 11) is 0. The highest BCUT2D eigenvalue weighted by atomic mass is 16.8. The number of aliphatic hydroxyl groups is 18. The van der Waals surface area contributed by atoms with Gasteiger partial charge in [0.25, 0.3) is 0 Å². The zero-order valence-corrected chi connectivity index (χ0v) is 34.7. The molecule has 0 aromatic heterocycles. The van der Waals surface area contributed by atoms with Crippen molar-refractivity contribution >= 4 is 0 Å². The molecule has 0 amide bonds. The van der Waals surface area contributed by atoms with Gasteiger partial charge in [-0.05, 0) is 13.8 Å². The lowest BCUT2D eigenvalue weighted by atomic mass is 9.95. The van der Waals surface area contributed by atoms with Crippen molar-refractivity contribution in [1.82, 2.24) is 0 Å². The van der Waals surface area contributed by atoms with Gasteiger partial charge in [-0.15, -0.1) is 0 Å². The van der Waals surface area contributed by atoms with E-state index in [-0.39, 0.29) is 0 Å². The number of aliphatic hydroxyl groups excluding tert-OH is 18. The lowest BCUT2D eigenvalue weighted by Gasteiger charge is -2.51. The number of ether oxygens (including phenoxy) is 11. The fourth-order valence-corrected chi connectivity index (χ4v) is 8.38. The van der Waals surface area contributed by atoms with Crippen LogP contribution in [0.2, 0.25) is 0 Å². The van der Waals surface area contributed by atoms with Gasteiger partial charge in [0.1, 0.15) is 134 Å². The van der Waals surface area contributed by atoms with Gasteiger partial charge in [0, 0.05) is 0 Å². The molecule has 30 atom stereocenters. The Balaban J connectivity index is 1.29. The topological polar surface area (TPSA) is 466 Å². The minimum absolute atomic E-state index is 0.965. The Morgan fingerprint density at radius 1 is 0.277 bits per heavy atom. The molecule has 6 aliphatic heterocycles. The largest absolute Gasteiger partial charge is 0.394 e. The van der Waals surface area contributed by atoms with E-state index in [1.165, 1.54) is 13.8 Å². The molecule has 6 fully saturated rings.